The van der Waals surface area contributed by atoms with Crippen LogP contribution in [0.5, 0.6) is 0 Å². The van der Waals surface area contributed by atoms with Gasteiger partial charge in [0, 0.05) is 30.5 Å². The van der Waals surface area contributed by atoms with Gasteiger partial charge in [-0.1, -0.05) is 0 Å². The monoisotopic (exact) mass is 410 g/mol. The van der Waals surface area contributed by atoms with E-state index in [0.29, 0.717) is 22.5 Å². The second-order valence-corrected chi connectivity index (χ2v) is 6.90. The third-order valence-corrected chi connectivity index (χ3v) is 4.92. The van der Waals surface area contributed by atoms with Gasteiger partial charge in [0.15, 0.2) is 0 Å². The molecule has 1 fully saturated rings. The van der Waals surface area contributed by atoms with Crippen LogP contribution in [-0.4, -0.2) is 40.5 Å². The van der Waals surface area contributed by atoms with Crippen LogP contribution in [-0.2, 0) is 14.3 Å². The number of pyridine rings is 1. The minimum Gasteiger partial charge on any atom is -0.462 e. The molecule has 1 aliphatic rings. The van der Waals surface area contributed by atoms with Gasteiger partial charge >= 0.3 is 5.97 Å². The molecule has 0 aliphatic carbocycles. The van der Waals surface area contributed by atoms with Crippen LogP contribution in [0.15, 0.2) is 48.8 Å². The predicted molar refractivity (Wildman–Crippen MR) is 107 cm³/mol. The van der Waals surface area contributed by atoms with Crippen molar-refractivity contribution >= 4 is 34.7 Å². The van der Waals surface area contributed by atoms with Gasteiger partial charge in [0.05, 0.1) is 24.2 Å². The third-order valence-electron chi connectivity index (χ3n) is 4.92. The van der Waals surface area contributed by atoms with E-state index < -0.39 is 17.7 Å². The lowest BCUT2D eigenvalue weighted by Crippen LogP contribution is -2.28. The summed E-state index contributed by atoms with van der Waals surface area (Å²) < 4.78 is 19.7. The molecule has 1 atom stereocenters. The smallest absolute Gasteiger partial charge is 0.341 e. The highest BCUT2D eigenvalue weighted by Gasteiger charge is 2.35. The van der Waals surface area contributed by atoms with Gasteiger partial charge in [0.2, 0.25) is 11.8 Å². The Labute approximate surface area is 171 Å². The summed E-state index contributed by atoms with van der Waals surface area (Å²) in [6.07, 6.45) is 3.10. The fourth-order valence-electron chi connectivity index (χ4n) is 3.42. The van der Waals surface area contributed by atoms with Gasteiger partial charge in [0.1, 0.15) is 11.4 Å². The van der Waals surface area contributed by atoms with Crippen LogP contribution in [0.1, 0.15) is 23.7 Å². The molecule has 3 aromatic rings. The molecule has 2 amide bonds. The summed E-state index contributed by atoms with van der Waals surface area (Å²) in [6.45, 7) is 2.17. The number of amides is 2. The number of esters is 1. The molecular weight excluding hydrogens is 391 g/mol. The summed E-state index contributed by atoms with van der Waals surface area (Å²) in [5.74, 6) is -1.94. The van der Waals surface area contributed by atoms with Crippen molar-refractivity contribution in [3.8, 4) is 0 Å². The summed E-state index contributed by atoms with van der Waals surface area (Å²) in [5, 5.41) is 6.90. The van der Waals surface area contributed by atoms with Crippen molar-refractivity contribution in [1.82, 2.24) is 9.61 Å². The molecule has 30 heavy (non-hydrogen) atoms. The van der Waals surface area contributed by atoms with E-state index in [1.165, 1.54) is 39.9 Å². The van der Waals surface area contributed by atoms with Crippen LogP contribution in [0.2, 0.25) is 0 Å². The van der Waals surface area contributed by atoms with Crippen LogP contribution in [0, 0.1) is 11.7 Å². The fourth-order valence-corrected chi connectivity index (χ4v) is 3.42. The molecular formula is C21H19FN4O4. The molecule has 154 valence electrons. The Morgan fingerprint density at radius 3 is 2.77 bits per heavy atom. The Bertz CT molecular complexity index is 1130. The Morgan fingerprint density at radius 1 is 1.27 bits per heavy atom. The third kappa shape index (κ3) is 3.73. The van der Waals surface area contributed by atoms with Crippen molar-refractivity contribution < 1.29 is 23.5 Å². The van der Waals surface area contributed by atoms with E-state index in [1.54, 1.807) is 25.3 Å². The van der Waals surface area contributed by atoms with Crippen LogP contribution in [0.25, 0.3) is 5.52 Å². The lowest BCUT2D eigenvalue weighted by Gasteiger charge is -2.16. The Balaban J connectivity index is 1.49. The number of nitrogens with one attached hydrogen (secondary N) is 1. The van der Waals surface area contributed by atoms with Gasteiger partial charge in [-0.3, -0.25) is 9.59 Å². The highest BCUT2D eigenvalue weighted by molar-refractivity contribution is 6.04. The minimum atomic E-state index is -0.548. The van der Waals surface area contributed by atoms with Crippen molar-refractivity contribution in [1.29, 1.82) is 0 Å². The van der Waals surface area contributed by atoms with E-state index in [-0.39, 0.29) is 31.4 Å². The van der Waals surface area contributed by atoms with E-state index in [0.717, 1.165) is 0 Å². The molecule has 1 N–H and O–H groups in total. The van der Waals surface area contributed by atoms with E-state index in [4.69, 9.17) is 4.74 Å². The number of carbonyl (C=O) groups excluding carboxylic acids is 3. The van der Waals surface area contributed by atoms with Gasteiger partial charge in [0.25, 0.3) is 0 Å². The number of anilines is 2. The molecule has 0 spiro atoms. The molecule has 0 bridgehead atoms. The Kier molecular flexibility index (Phi) is 5.18. The van der Waals surface area contributed by atoms with Gasteiger partial charge in [-0.05, 0) is 43.3 Å². The SMILES string of the molecule is CCOC(=O)c1cnn2ccc(NC(=O)C3CC(=O)N(c4ccc(F)cc4)C3)cc12. The van der Waals surface area contributed by atoms with Gasteiger partial charge < -0.3 is 15.0 Å². The Morgan fingerprint density at radius 2 is 2.03 bits per heavy atom. The first-order valence-electron chi connectivity index (χ1n) is 9.47. The summed E-state index contributed by atoms with van der Waals surface area (Å²) in [7, 11) is 0. The van der Waals surface area contributed by atoms with Crippen molar-refractivity contribution in [2.75, 3.05) is 23.4 Å². The first-order chi connectivity index (χ1) is 14.5. The van der Waals surface area contributed by atoms with Gasteiger partial charge in [-0.15, -0.1) is 0 Å². The Hall–Kier alpha value is -3.75. The largest absolute Gasteiger partial charge is 0.462 e. The van der Waals surface area contributed by atoms with Gasteiger partial charge in [-0.25, -0.2) is 13.7 Å². The molecule has 1 aliphatic heterocycles. The summed E-state index contributed by atoms with van der Waals surface area (Å²) in [4.78, 5) is 38.6. The average Bonchev–Trinajstić information content (AvgIpc) is 3.32. The molecule has 1 aromatic carbocycles. The predicted octanol–water partition coefficient (Wildman–Crippen LogP) is 2.64. The number of rotatable bonds is 5. The average molecular weight is 410 g/mol. The molecule has 1 unspecified atom stereocenters. The second kappa shape index (κ2) is 7.94. The molecule has 2 aromatic heterocycles. The molecule has 0 radical (unpaired) electrons. The van der Waals surface area contributed by atoms with Crippen molar-refractivity contribution in [2.45, 2.75) is 13.3 Å². The van der Waals surface area contributed by atoms with Crippen LogP contribution < -0.4 is 10.2 Å². The molecule has 3 heterocycles. The van der Waals surface area contributed by atoms with Gasteiger partial charge in [-0.2, -0.15) is 5.10 Å². The van der Waals surface area contributed by atoms with E-state index in [9.17, 15) is 18.8 Å². The van der Waals surface area contributed by atoms with E-state index >= 15 is 0 Å². The first-order valence-corrected chi connectivity index (χ1v) is 9.47. The number of hydrogen-bond donors (Lipinski definition) is 1. The maximum Gasteiger partial charge on any atom is 0.341 e. The topological polar surface area (TPSA) is 93.0 Å². The standard InChI is InChI=1S/C21H19FN4O4/c1-2-30-21(29)17-11-23-26-8-7-15(10-18(17)26)24-20(28)13-9-19(27)25(12-13)16-5-3-14(22)4-6-16/h3-8,10-11,13H,2,9,12H2,1H3,(H,24,28). The number of aromatic nitrogens is 2. The summed E-state index contributed by atoms with van der Waals surface area (Å²) >= 11 is 0. The quantitative estimate of drug-likeness (QED) is 0.653. The summed E-state index contributed by atoms with van der Waals surface area (Å²) in [5.41, 5.74) is 1.83. The number of ether oxygens (including phenoxy) is 1. The molecule has 8 nitrogen and oxygen atoms in total. The van der Waals surface area contributed by atoms with Crippen molar-refractivity contribution in [3.63, 3.8) is 0 Å². The highest BCUT2D eigenvalue weighted by atomic mass is 19.1. The van der Waals surface area contributed by atoms with E-state index in [2.05, 4.69) is 10.4 Å². The normalized spacial score (nSPS) is 16.1. The van der Waals surface area contributed by atoms with Crippen molar-refractivity contribution in [3.05, 3.63) is 60.2 Å². The van der Waals surface area contributed by atoms with Crippen LogP contribution in [0.3, 0.4) is 0 Å². The van der Waals surface area contributed by atoms with Crippen LogP contribution >= 0.6 is 0 Å². The lowest BCUT2D eigenvalue weighted by atomic mass is 10.1. The molecule has 4 rings (SSSR count). The minimum absolute atomic E-state index is 0.0617. The number of carbonyl (C=O) groups is 3. The second-order valence-electron chi connectivity index (χ2n) is 6.90. The lowest BCUT2D eigenvalue weighted by molar-refractivity contribution is -0.122. The van der Waals surface area contributed by atoms with E-state index in [1.807, 2.05) is 0 Å². The van der Waals surface area contributed by atoms with Crippen LogP contribution in [0.4, 0.5) is 15.8 Å². The number of nitrogens with zero attached hydrogens (tertiary/aromatic N) is 3. The summed E-state index contributed by atoms with van der Waals surface area (Å²) in [6, 6.07) is 8.86. The zero-order valence-electron chi connectivity index (χ0n) is 16.2. The highest BCUT2D eigenvalue weighted by Crippen LogP contribution is 2.26. The molecule has 1 saturated heterocycles. The number of hydrogen-bond acceptors (Lipinski definition) is 5. The maximum atomic E-state index is 13.1. The fraction of sp³-hybridized carbons (Fsp3) is 0.238. The molecule has 0 saturated carbocycles. The number of halogens is 1. The first kappa shape index (κ1) is 19.6. The zero-order chi connectivity index (χ0) is 21.3. The zero-order valence-corrected chi connectivity index (χ0v) is 16.2. The number of benzene rings is 1. The van der Waals surface area contributed by atoms with Crippen molar-refractivity contribution in [2.24, 2.45) is 5.92 Å². The number of fused-ring (bicyclic) bond motifs is 1. The maximum absolute atomic E-state index is 13.1. The molecule has 9 heteroatoms.